The Morgan fingerprint density at radius 2 is 2.50 bits per heavy atom. The van der Waals surface area contributed by atoms with Crippen molar-refractivity contribution >= 4 is 15.9 Å². The van der Waals surface area contributed by atoms with Crippen molar-refractivity contribution in [3.8, 4) is 0 Å². The Bertz CT molecular complexity index is 173. The molecule has 0 saturated heterocycles. The van der Waals surface area contributed by atoms with E-state index in [0.717, 1.165) is 11.8 Å². The summed E-state index contributed by atoms with van der Waals surface area (Å²) in [5.74, 6) is 0. The highest BCUT2D eigenvalue weighted by atomic mass is 79.9. The van der Waals surface area contributed by atoms with Crippen LogP contribution >= 0.6 is 15.9 Å². The van der Waals surface area contributed by atoms with Crippen molar-refractivity contribution in [2.75, 3.05) is 5.33 Å². The van der Waals surface area contributed by atoms with Crippen molar-refractivity contribution in [1.29, 1.82) is 0 Å². The molecule has 0 fully saturated rings. The van der Waals surface area contributed by atoms with Crippen LogP contribution in [0.4, 0.5) is 0 Å². The number of hydrogen-bond donors (Lipinski definition) is 0. The second-order valence-electron chi connectivity index (χ2n) is 2.20. The third-order valence-corrected chi connectivity index (χ3v) is 1.87. The van der Waals surface area contributed by atoms with Gasteiger partial charge >= 0.3 is 0 Å². The lowest BCUT2D eigenvalue weighted by Crippen LogP contribution is -2.05. The normalized spacial score (nSPS) is 13.4. The first-order valence-corrected chi connectivity index (χ1v) is 4.37. The fraction of sp³-hybridized carbons (Fsp3) is 0.667. The van der Waals surface area contributed by atoms with Gasteiger partial charge in [-0.3, -0.25) is 4.68 Å². The summed E-state index contributed by atoms with van der Waals surface area (Å²) in [6.07, 6.45) is 4.39. The van der Waals surface area contributed by atoms with E-state index in [1.165, 1.54) is 0 Å². The number of nitrogens with zero attached hydrogens (tertiary/aromatic N) is 3. The van der Waals surface area contributed by atoms with Crippen LogP contribution in [0.15, 0.2) is 12.7 Å². The summed E-state index contributed by atoms with van der Waals surface area (Å²) in [5, 5.41) is 5.03. The van der Waals surface area contributed by atoms with Crippen LogP contribution in [0.5, 0.6) is 0 Å². The van der Waals surface area contributed by atoms with Crippen molar-refractivity contribution in [3.63, 3.8) is 0 Å². The van der Waals surface area contributed by atoms with Gasteiger partial charge in [0.15, 0.2) is 0 Å². The molecular weight excluding hydrogens is 194 g/mol. The fourth-order valence-electron chi connectivity index (χ4n) is 0.735. The second kappa shape index (κ2) is 3.71. The number of hydrogen-bond acceptors (Lipinski definition) is 2. The fourth-order valence-corrected chi connectivity index (χ4v) is 1.40. The lowest BCUT2D eigenvalue weighted by Gasteiger charge is -2.07. The van der Waals surface area contributed by atoms with Gasteiger partial charge in [-0.25, -0.2) is 4.98 Å². The molecule has 0 bridgehead atoms. The highest BCUT2D eigenvalue weighted by Crippen LogP contribution is 2.08. The predicted octanol–water partition coefficient (Wildman–Crippen LogP) is 1.62. The molecule has 1 unspecified atom stereocenters. The monoisotopic (exact) mass is 203 g/mol. The molecule has 0 aliphatic heterocycles. The largest absolute Gasteiger partial charge is 0.250 e. The number of halogens is 1. The standard InChI is InChI=1S/C6H10BrN3/c1-6(2-3-7)10-5-8-4-9-10/h4-6H,2-3H2,1H3. The van der Waals surface area contributed by atoms with E-state index in [-0.39, 0.29) is 0 Å². The lowest BCUT2D eigenvalue weighted by molar-refractivity contribution is 0.481. The maximum atomic E-state index is 4.02. The van der Waals surface area contributed by atoms with Gasteiger partial charge in [0.25, 0.3) is 0 Å². The molecule has 4 heteroatoms. The first-order valence-electron chi connectivity index (χ1n) is 3.24. The molecule has 0 aliphatic carbocycles. The van der Waals surface area contributed by atoms with Crippen LogP contribution in [0.2, 0.25) is 0 Å². The van der Waals surface area contributed by atoms with Crippen LogP contribution in [-0.2, 0) is 0 Å². The zero-order valence-electron chi connectivity index (χ0n) is 5.87. The average Bonchev–Trinajstić information content (AvgIpc) is 2.38. The van der Waals surface area contributed by atoms with Gasteiger partial charge in [-0.2, -0.15) is 5.10 Å². The third kappa shape index (κ3) is 1.80. The molecule has 1 atom stereocenters. The van der Waals surface area contributed by atoms with Crippen LogP contribution in [-0.4, -0.2) is 20.1 Å². The summed E-state index contributed by atoms with van der Waals surface area (Å²) in [7, 11) is 0. The van der Waals surface area contributed by atoms with Crippen molar-refractivity contribution in [2.45, 2.75) is 19.4 Å². The second-order valence-corrected chi connectivity index (χ2v) is 3.00. The summed E-state index contributed by atoms with van der Waals surface area (Å²) in [6, 6.07) is 0.446. The summed E-state index contributed by atoms with van der Waals surface area (Å²) in [5.41, 5.74) is 0. The maximum Gasteiger partial charge on any atom is 0.137 e. The first-order chi connectivity index (χ1) is 4.84. The molecule has 0 aromatic carbocycles. The van der Waals surface area contributed by atoms with Gasteiger partial charge in [-0.15, -0.1) is 0 Å². The molecule has 10 heavy (non-hydrogen) atoms. The third-order valence-electron chi connectivity index (χ3n) is 1.42. The summed E-state index contributed by atoms with van der Waals surface area (Å²) < 4.78 is 1.86. The zero-order chi connectivity index (χ0) is 7.40. The zero-order valence-corrected chi connectivity index (χ0v) is 7.45. The topological polar surface area (TPSA) is 30.7 Å². The molecule has 1 aromatic heterocycles. The molecule has 1 rings (SSSR count). The summed E-state index contributed by atoms with van der Waals surface area (Å²) >= 11 is 3.37. The van der Waals surface area contributed by atoms with Crippen LogP contribution < -0.4 is 0 Å². The minimum absolute atomic E-state index is 0.446. The number of alkyl halides is 1. The highest BCUT2D eigenvalue weighted by Gasteiger charge is 2.01. The van der Waals surface area contributed by atoms with E-state index >= 15 is 0 Å². The van der Waals surface area contributed by atoms with Gasteiger partial charge in [0.2, 0.25) is 0 Å². The minimum atomic E-state index is 0.446. The molecule has 0 N–H and O–H groups in total. The van der Waals surface area contributed by atoms with E-state index in [1.54, 1.807) is 12.7 Å². The maximum absolute atomic E-state index is 4.02. The Morgan fingerprint density at radius 1 is 1.70 bits per heavy atom. The Hall–Kier alpha value is -0.380. The van der Waals surface area contributed by atoms with E-state index in [1.807, 2.05) is 4.68 Å². The van der Waals surface area contributed by atoms with Crippen molar-refractivity contribution in [1.82, 2.24) is 14.8 Å². The van der Waals surface area contributed by atoms with Crippen LogP contribution in [0.3, 0.4) is 0 Å². The minimum Gasteiger partial charge on any atom is -0.250 e. The van der Waals surface area contributed by atoms with E-state index in [0.29, 0.717) is 6.04 Å². The molecule has 1 heterocycles. The Kier molecular flexibility index (Phi) is 2.86. The van der Waals surface area contributed by atoms with Crippen LogP contribution in [0.1, 0.15) is 19.4 Å². The molecule has 0 radical (unpaired) electrons. The van der Waals surface area contributed by atoms with Gasteiger partial charge in [0.05, 0.1) is 6.04 Å². The number of aromatic nitrogens is 3. The van der Waals surface area contributed by atoms with Gasteiger partial charge < -0.3 is 0 Å². The summed E-state index contributed by atoms with van der Waals surface area (Å²) in [4.78, 5) is 3.86. The Balaban J connectivity index is 2.50. The Labute approximate surface area is 68.6 Å². The molecule has 0 aliphatic rings. The Morgan fingerprint density at radius 3 is 3.00 bits per heavy atom. The van der Waals surface area contributed by atoms with Crippen molar-refractivity contribution in [2.24, 2.45) is 0 Å². The van der Waals surface area contributed by atoms with E-state index < -0.39 is 0 Å². The first kappa shape index (κ1) is 7.72. The van der Waals surface area contributed by atoms with E-state index in [2.05, 4.69) is 32.9 Å². The molecule has 0 spiro atoms. The van der Waals surface area contributed by atoms with Crippen LogP contribution in [0, 0.1) is 0 Å². The highest BCUT2D eigenvalue weighted by molar-refractivity contribution is 9.09. The predicted molar refractivity (Wildman–Crippen MR) is 43.1 cm³/mol. The van der Waals surface area contributed by atoms with Gasteiger partial charge in [-0.05, 0) is 13.3 Å². The molecule has 1 aromatic rings. The van der Waals surface area contributed by atoms with E-state index in [4.69, 9.17) is 0 Å². The smallest absolute Gasteiger partial charge is 0.137 e. The molecular formula is C6H10BrN3. The quantitative estimate of drug-likeness (QED) is 0.700. The van der Waals surface area contributed by atoms with E-state index in [9.17, 15) is 0 Å². The lowest BCUT2D eigenvalue weighted by atomic mass is 10.3. The number of rotatable bonds is 3. The van der Waals surface area contributed by atoms with Crippen molar-refractivity contribution in [3.05, 3.63) is 12.7 Å². The van der Waals surface area contributed by atoms with Crippen molar-refractivity contribution < 1.29 is 0 Å². The SMILES string of the molecule is CC(CCBr)n1cncn1. The molecule has 56 valence electrons. The molecule has 3 nitrogen and oxygen atoms in total. The average molecular weight is 204 g/mol. The van der Waals surface area contributed by atoms with Gasteiger partial charge in [0.1, 0.15) is 12.7 Å². The van der Waals surface area contributed by atoms with Gasteiger partial charge in [0, 0.05) is 5.33 Å². The molecule has 0 saturated carbocycles. The summed E-state index contributed by atoms with van der Waals surface area (Å²) in [6.45, 7) is 2.12. The van der Waals surface area contributed by atoms with Gasteiger partial charge in [-0.1, -0.05) is 15.9 Å². The van der Waals surface area contributed by atoms with Crippen LogP contribution in [0.25, 0.3) is 0 Å². The molecule has 0 amide bonds.